The molecule has 0 bridgehead atoms. The second kappa shape index (κ2) is 3.91. The lowest BCUT2D eigenvalue weighted by Crippen LogP contribution is -2.38. The van der Waals surface area contributed by atoms with Gasteiger partial charge in [-0.1, -0.05) is 0 Å². The molecule has 0 amide bonds. The molecule has 1 fully saturated rings. The number of aliphatic hydroxyl groups excluding tert-OH is 1. The largest absolute Gasteiger partial charge is 0.394 e. The summed E-state index contributed by atoms with van der Waals surface area (Å²) in [5.74, 6) is 0. The molecular weight excluding hydrogens is 130 g/mol. The van der Waals surface area contributed by atoms with E-state index in [1.54, 1.807) is 0 Å². The highest BCUT2D eigenvalue weighted by molar-refractivity contribution is 4.72. The van der Waals surface area contributed by atoms with Crippen molar-refractivity contribution in [3.05, 3.63) is 0 Å². The van der Waals surface area contributed by atoms with Gasteiger partial charge in [-0.25, -0.2) is 0 Å². The highest BCUT2D eigenvalue weighted by Gasteiger charge is 2.18. The molecule has 0 aliphatic carbocycles. The normalized spacial score (nSPS) is 34.2. The Balaban J connectivity index is 2.17. The quantitative estimate of drug-likeness (QED) is 0.563. The molecule has 2 atom stereocenters. The second-order valence-corrected chi connectivity index (χ2v) is 2.70. The Kier molecular flexibility index (Phi) is 3.12. The van der Waals surface area contributed by atoms with Crippen LogP contribution in [0.25, 0.3) is 0 Å². The molecule has 1 rings (SSSR count). The smallest absolute Gasteiger partial charge is 0.0807 e. The first-order valence-electron chi connectivity index (χ1n) is 3.76. The van der Waals surface area contributed by atoms with Gasteiger partial charge in [0.2, 0.25) is 0 Å². The molecule has 1 aliphatic heterocycles. The number of hydrogen-bond donors (Lipinski definition) is 2. The predicted molar refractivity (Wildman–Crippen MR) is 38.9 cm³/mol. The molecule has 0 aromatic heterocycles. The maximum absolute atomic E-state index is 8.70. The molecule has 3 nitrogen and oxygen atoms in total. The van der Waals surface area contributed by atoms with E-state index in [9.17, 15) is 0 Å². The van der Waals surface area contributed by atoms with Crippen LogP contribution in [-0.2, 0) is 4.74 Å². The predicted octanol–water partition coefficient (Wildman–Crippen LogP) is -0.254. The number of hydrogen-bond acceptors (Lipinski definition) is 3. The van der Waals surface area contributed by atoms with Crippen molar-refractivity contribution in [3.8, 4) is 0 Å². The first-order valence-corrected chi connectivity index (χ1v) is 3.76. The van der Waals surface area contributed by atoms with Crippen LogP contribution in [-0.4, -0.2) is 37.5 Å². The number of rotatable bonds is 2. The molecule has 0 aromatic rings. The van der Waals surface area contributed by atoms with Crippen molar-refractivity contribution in [2.45, 2.75) is 25.0 Å². The van der Waals surface area contributed by atoms with Gasteiger partial charge >= 0.3 is 0 Å². The molecule has 0 spiro atoms. The van der Waals surface area contributed by atoms with Gasteiger partial charge in [0, 0.05) is 6.04 Å². The van der Waals surface area contributed by atoms with Gasteiger partial charge in [0.05, 0.1) is 19.3 Å². The lowest BCUT2D eigenvalue weighted by Gasteiger charge is -2.27. The van der Waals surface area contributed by atoms with E-state index in [1.807, 2.05) is 7.05 Å². The average molecular weight is 145 g/mol. The number of likely N-dealkylation sites (N-methyl/N-ethyl adjacent to an activating group) is 1. The van der Waals surface area contributed by atoms with E-state index in [-0.39, 0.29) is 12.7 Å². The summed E-state index contributed by atoms with van der Waals surface area (Å²) in [6.07, 6.45) is 2.17. The Morgan fingerprint density at radius 1 is 1.60 bits per heavy atom. The third-order valence-electron chi connectivity index (χ3n) is 1.98. The number of ether oxygens (including phenoxy) is 1. The molecule has 0 radical (unpaired) electrons. The molecule has 1 aliphatic rings. The fourth-order valence-electron chi connectivity index (χ4n) is 1.18. The van der Waals surface area contributed by atoms with E-state index >= 15 is 0 Å². The minimum absolute atomic E-state index is 0.0876. The summed E-state index contributed by atoms with van der Waals surface area (Å²) < 4.78 is 5.32. The number of aliphatic hydroxyl groups is 1. The van der Waals surface area contributed by atoms with Crippen LogP contribution in [0.15, 0.2) is 0 Å². The van der Waals surface area contributed by atoms with Crippen LogP contribution >= 0.6 is 0 Å². The first kappa shape index (κ1) is 7.98. The fraction of sp³-hybridized carbons (Fsp3) is 1.00. The standard InChI is InChI=1S/C7H15NO2/c1-8-6-2-3-7(4-9)10-5-6/h6-9H,2-5H2,1H3/t6-,7+/m1/s1. The van der Waals surface area contributed by atoms with Gasteiger partial charge in [0.1, 0.15) is 0 Å². The lowest BCUT2D eigenvalue weighted by molar-refractivity contribution is -0.0304. The van der Waals surface area contributed by atoms with E-state index in [0.29, 0.717) is 6.04 Å². The van der Waals surface area contributed by atoms with Crippen molar-refractivity contribution in [2.24, 2.45) is 0 Å². The Bertz CT molecular complexity index is 77.6. The van der Waals surface area contributed by atoms with Gasteiger partial charge in [0.25, 0.3) is 0 Å². The van der Waals surface area contributed by atoms with Gasteiger partial charge in [-0.05, 0) is 19.9 Å². The van der Waals surface area contributed by atoms with Gasteiger partial charge in [-0.3, -0.25) is 0 Å². The fourth-order valence-corrected chi connectivity index (χ4v) is 1.18. The highest BCUT2D eigenvalue weighted by Crippen LogP contribution is 2.12. The molecule has 3 heteroatoms. The van der Waals surface area contributed by atoms with Crippen LogP contribution in [0.5, 0.6) is 0 Å². The second-order valence-electron chi connectivity index (χ2n) is 2.70. The number of nitrogens with one attached hydrogen (secondary N) is 1. The topological polar surface area (TPSA) is 41.5 Å². The Morgan fingerprint density at radius 3 is 2.80 bits per heavy atom. The first-order chi connectivity index (χ1) is 4.86. The molecular formula is C7H15NO2. The summed E-state index contributed by atoms with van der Waals surface area (Å²) >= 11 is 0. The van der Waals surface area contributed by atoms with Gasteiger partial charge < -0.3 is 15.2 Å². The monoisotopic (exact) mass is 145 g/mol. The summed E-state index contributed by atoms with van der Waals surface area (Å²) in [7, 11) is 1.94. The van der Waals surface area contributed by atoms with E-state index in [0.717, 1.165) is 19.4 Å². The molecule has 0 aromatic carbocycles. The summed E-state index contributed by atoms with van der Waals surface area (Å²) in [6, 6.07) is 0.489. The maximum Gasteiger partial charge on any atom is 0.0807 e. The zero-order valence-corrected chi connectivity index (χ0v) is 6.34. The Labute approximate surface area is 61.4 Å². The van der Waals surface area contributed by atoms with Crippen LogP contribution < -0.4 is 5.32 Å². The molecule has 0 unspecified atom stereocenters. The van der Waals surface area contributed by atoms with E-state index in [1.165, 1.54) is 0 Å². The Morgan fingerprint density at radius 2 is 2.40 bits per heavy atom. The van der Waals surface area contributed by atoms with Gasteiger partial charge in [-0.2, -0.15) is 0 Å². The lowest BCUT2D eigenvalue weighted by atomic mass is 10.1. The minimum Gasteiger partial charge on any atom is -0.394 e. The third kappa shape index (κ3) is 1.94. The molecule has 1 heterocycles. The minimum atomic E-state index is 0.0876. The SMILES string of the molecule is CN[C@@H]1CC[C@@H](CO)OC1. The van der Waals surface area contributed by atoms with Crippen molar-refractivity contribution in [1.29, 1.82) is 0 Å². The molecule has 0 saturated carbocycles. The zero-order valence-electron chi connectivity index (χ0n) is 6.34. The molecule has 1 saturated heterocycles. The van der Waals surface area contributed by atoms with E-state index in [4.69, 9.17) is 9.84 Å². The van der Waals surface area contributed by atoms with Crippen molar-refractivity contribution >= 4 is 0 Å². The maximum atomic E-state index is 8.70. The van der Waals surface area contributed by atoms with Crippen molar-refractivity contribution in [1.82, 2.24) is 5.32 Å². The molecule has 60 valence electrons. The van der Waals surface area contributed by atoms with Crippen LogP contribution in [0.1, 0.15) is 12.8 Å². The molecule has 10 heavy (non-hydrogen) atoms. The van der Waals surface area contributed by atoms with Gasteiger partial charge in [0.15, 0.2) is 0 Å². The van der Waals surface area contributed by atoms with Crippen molar-refractivity contribution in [3.63, 3.8) is 0 Å². The van der Waals surface area contributed by atoms with Gasteiger partial charge in [-0.15, -0.1) is 0 Å². The van der Waals surface area contributed by atoms with Crippen LogP contribution in [0.3, 0.4) is 0 Å². The van der Waals surface area contributed by atoms with Crippen molar-refractivity contribution < 1.29 is 9.84 Å². The van der Waals surface area contributed by atoms with Crippen molar-refractivity contribution in [2.75, 3.05) is 20.3 Å². The van der Waals surface area contributed by atoms with Crippen LogP contribution in [0.2, 0.25) is 0 Å². The summed E-state index contributed by atoms with van der Waals surface area (Å²) in [6.45, 7) is 0.901. The summed E-state index contributed by atoms with van der Waals surface area (Å²) in [5.41, 5.74) is 0. The summed E-state index contributed by atoms with van der Waals surface area (Å²) in [5, 5.41) is 11.8. The van der Waals surface area contributed by atoms with E-state index < -0.39 is 0 Å². The summed E-state index contributed by atoms with van der Waals surface area (Å²) in [4.78, 5) is 0. The Hall–Kier alpha value is -0.120. The third-order valence-corrected chi connectivity index (χ3v) is 1.98. The van der Waals surface area contributed by atoms with Crippen LogP contribution in [0, 0.1) is 0 Å². The van der Waals surface area contributed by atoms with Crippen LogP contribution in [0.4, 0.5) is 0 Å². The molecule has 2 N–H and O–H groups in total. The zero-order chi connectivity index (χ0) is 7.40. The van der Waals surface area contributed by atoms with E-state index in [2.05, 4.69) is 5.32 Å². The highest BCUT2D eigenvalue weighted by atomic mass is 16.5. The average Bonchev–Trinajstić information content (AvgIpc) is 2.05.